The van der Waals surface area contributed by atoms with Crippen molar-refractivity contribution in [2.24, 2.45) is 5.10 Å². The van der Waals surface area contributed by atoms with Crippen molar-refractivity contribution in [3.63, 3.8) is 0 Å². The molecule has 0 saturated carbocycles. The molecule has 17 heavy (non-hydrogen) atoms. The molecule has 2 N–H and O–H groups in total. The average molecular weight is 247 g/mol. The molecule has 0 aliphatic heterocycles. The lowest BCUT2D eigenvalue weighted by atomic mass is 9.90. The number of hydrogen-bond donors (Lipinski definition) is 2. The second-order valence-corrected chi connectivity index (χ2v) is 4.45. The van der Waals surface area contributed by atoms with Crippen molar-refractivity contribution in [1.29, 1.82) is 0 Å². The van der Waals surface area contributed by atoms with Crippen LogP contribution in [0.3, 0.4) is 0 Å². The zero-order chi connectivity index (χ0) is 12.1. The van der Waals surface area contributed by atoms with E-state index in [0.29, 0.717) is 5.11 Å². The topological polar surface area (TPSA) is 36.4 Å². The highest BCUT2D eigenvalue weighted by atomic mass is 32.1. The largest absolute Gasteiger partial charge is 0.362 e. The summed E-state index contributed by atoms with van der Waals surface area (Å²) in [5.74, 6) is 0. The molecule has 0 fully saturated rings. The molecule has 0 amide bonds. The minimum atomic E-state index is 0.586. The summed E-state index contributed by atoms with van der Waals surface area (Å²) in [6, 6.07) is 8.44. The number of hydrazone groups is 1. The van der Waals surface area contributed by atoms with E-state index >= 15 is 0 Å². The van der Waals surface area contributed by atoms with E-state index in [9.17, 15) is 0 Å². The summed E-state index contributed by atoms with van der Waals surface area (Å²) in [7, 11) is 0. The molecule has 1 aromatic carbocycles. The van der Waals surface area contributed by atoms with Crippen molar-refractivity contribution in [3.05, 3.63) is 35.4 Å². The average Bonchev–Trinajstić information content (AvgIpc) is 2.36. The molecular weight excluding hydrogens is 230 g/mol. The van der Waals surface area contributed by atoms with E-state index in [-0.39, 0.29) is 0 Å². The first-order valence-electron chi connectivity index (χ1n) is 6.00. The SMILES string of the molecule is CCNC(=S)NN=C1CCCc2ccccc21. The standard InChI is InChI=1S/C13H17N3S/c1-2-14-13(17)16-15-12-9-5-7-10-6-3-4-8-11(10)12/h3-4,6,8H,2,5,7,9H2,1H3,(H2,14,16,17). The first-order chi connectivity index (χ1) is 8.31. The Morgan fingerprint density at radius 3 is 3.00 bits per heavy atom. The maximum Gasteiger partial charge on any atom is 0.186 e. The van der Waals surface area contributed by atoms with Crippen molar-refractivity contribution in [1.82, 2.24) is 10.7 Å². The molecule has 0 aromatic heterocycles. The molecule has 1 aliphatic carbocycles. The van der Waals surface area contributed by atoms with Gasteiger partial charge in [-0.15, -0.1) is 0 Å². The Bertz CT molecular complexity index is 440. The van der Waals surface area contributed by atoms with Gasteiger partial charge in [-0.3, -0.25) is 5.43 Å². The Morgan fingerprint density at radius 2 is 2.18 bits per heavy atom. The van der Waals surface area contributed by atoms with Crippen LogP contribution in [0.4, 0.5) is 0 Å². The second kappa shape index (κ2) is 5.77. The van der Waals surface area contributed by atoms with Crippen molar-refractivity contribution in [3.8, 4) is 0 Å². The van der Waals surface area contributed by atoms with Gasteiger partial charge in [-0.2, -0.15) is 5.10 Å². The Kier molecular flexibility index (Phi) is 4.09. The molecule has 4 heteroatoms. The van der Waals surface area contributed by atoms with Gasteiger partial charge >= 0.3 is 0 Å². The number of aryl methyl sites for hydroxylation is 1. The van der Waals surface area contributed by atoms with E-state index in [1.165, 1.54) is 11.1 Å². The highest BCUT2D eigenvalue weighted by Crippen LogP contribution is 2.20. The van der Waals surface area contributed by atoms with Gasteiger partial charge in [0.05, 0.1) is 5.71 Å². The van der Waals surface area contributed by atoms with Crippen LogP contribution in [0.2, 0.25) is 0 Å². The molecule has 0 spiro atoms. The molecular formula is C13H17N3S. The maximum absolute atomic E-state index is 5.09. The van der Waals surface area contributed by atoms with Crippen molar-refractivity contribution < 1.29 is 0 Å². The van der Waals surface area contributed by atoms with Crippen molar-refractivity contribution in [2.45, 2.75) is 26.2 Å². The molecule has 0 unspecified atom stereocenters. The normalized spacial score (nSPS) is 16.4. The fraction of sp³-hybridized carbons (Fsp3) is 0.385. The maximum atomic E-state index is 5.09. The first-order valence-corrected chi connectivity index (χ1v) is 6.40. The van der Waals surface area contributed by atoms with Gasteiger partial charge in [0.1, 0.15) is 0 Å². The third kappa shape index (κ3) is 3.03. The van der Waals surface area contributed by atoms with Crippen LogP contribution in [0.25, 0.3) is 0 Å². The number of thiocarbonyl (C=S) groups is 1. The van der Waals surface area contributed by atoms with E-state index in [1.54, 1.807) is 0 Å². The zero-order valence-corrected chi connectivity index (χ0v) is 10.8. The number of nitrogens with one attached hydrogen (secondary N) is 2. The van der Waals surface area contributed by atoms with Gasteiger partial charge in [0.2, 0.25) is 0 Å². The minimum Gasteiger partial charge on any atom is -0.362 e. The van der Waals surface area contributed by atoms with Crippen LogP contribution in [-0.4, -0.2) is 17.4 Å². The summed E-state index contributed by atoms with van der Waals surface area (Å²) < 4.78 is 0. The summed E-state index contributed by atoms with van der Waals surface area (Å²) in [6.45, 7) is 2.82. The first kappa shape index (κ1) is 12.0. The van der Waals surface area contributed by atoms with Gasteiger partial charge in [0, 0.05) is 12.1 Å². The van der Waals surface area contributed by atoms with E-state index in [2.05, 4.69) is 40.1 Å². The summed E-state index contributed by atoms with van der Waals surface area (Å²) >= 11 is 5.09. The van der Waals surface area contributed by atoms with Crippen LogP contribution in [0.1, 0.15) is 30.9 Å². The third-order valence-corrected chi connectivity index (χ3v) is 3.05. The lowest BCUT2D eigenvalue weighted by Crippen LogP contribution is -2.32. The van der Waals surface area contributed by atoms with Crippen molar-refractivity contribution >= 4 is 23.0 Å². The summed E-state index contributed by atoms with van der Waals surface area (Å²) in [5, 5.41) is 8.01. The fourth-order valence-corrected chi connectivity index (χ4v) is 2.23. The number of fused-ring (bicyclic) bond motifs is 1. The lowest BCUT2D eigenvalue weighted by molar-refractivity contribution is 0.822. The second-order valence-electron chi connectivity index (χ2n) is 4.04. The number of nitrogens with zero attached hydrogens (tertiary/aromatic N) is 1. The summed E-state index contributed by atoms with van der Waals surface area (Å²) in [6.07, 6.45) is 3.32. The van der Waals surface area contributed by atoms with Gasteiger partial charge in [-0.1, -0.05) is 24.3 Å². The van der Waals surface area contributed by atoms with Crippen LogP contribution in [0.15, 0.2) is 29.4 Å². The van der Waals surface area contributed by atoms with Gasteiger partial charge in [0.25, 0.3) is 0 Å². The van der Waals surface area contributed by atoms with Crippen molar-refractivity contribution in [2.75, 3.05) is 6.54 Å². The molecule has 0 heterocycles. The third-order valence-electron chi connectivity index (χ3n) is 2.82. The van der Waals surface area contributed by atoms with E-state index in [4.69, 9.17) is 12.2 Å². The molecule has 1 aromatic rings. The number of rotatable bonds is 2. The molecule has 0 bridgehead atoms. The van der Waals surface area contributed by atoms with Crippen LogP contribution in [0.5, 0.6) is 0 Å². The van der Waals surface area contributed by atoms with Gasteiger partial charge in [-0.25, -0.2) is 0 Å². The van der Waals surface area contributed by atoms with Gasteiger partial charge in [0.15, 0.2) is 5.11 Å². The van der Waals surface area contributed by atoms with Gasteiger partial charge in [-0.05, 0) is 44.0 Å². The molecule has 2 rings (SSSR count). The van der Waals surface area contributed by atoms with Crippen LogP contribution in [0, 0.1) is 0 Å². The van der Waals surface area contributed by atoms with Crippen LogP contribution < -0.4 is 10.7 Å². The summed E-state index contributed by atoms with van der Waals surface area (Å²) in [4.78, 5) is 0. The van der Waals surface area contributed by atoms with Crippen LogP contribution in [-0.2, 0) is 6.42 Å². The molecule has 90 valence electrons. The monoisotopic (exact) mass is 247 g/mol. The molecule has 1 aliphatic rings. The van der Waals surface area contributed by atoms with E-state index in [0.717, 1.165) is 31.5 Å². The molecule has 3 nitrogen and oxygen atoms in total. The fourth-order valence-electron chi connectivity index (χ4n) is 2.04. The van der Waals surface area contributed by atoms with Crippen LogP contribution >= 0.6 is 12.2 Å². The zero-order valence-electron chi connectivity index (χ0n) is 9.99. The highest BCUT2D eigenvalue weighted by molar-refractivity contribution is 7.80. The molecule has 0 radical (unpaired) electrons. The number of benzene rings is 1. The lowest BCUT2D eigenvalue weighted by Gasteiger charge is -2.17. The molecule has 0 atom stereocenters. The van der Waals surface area contributed by atoms with Gasteiger partial charge < -0.3 is 5.32 Å². The Hall–Kier alpha value is -1.42. The number of hydrogen-bond acceptors (Lipinski definition) is 2. The molecule has 0 saturated heterocycles. The quantitative estimate of drug-likeness (QED) is 0.621. The smallest absolute Gasteiger partial charge is 0.186 e. The minimum absolute atomic E-state index is 0.586. The highest BCUT2D eigenvalue weighted by Gasteiger charge is 2.14. The Labute approximate surface area is 107 Å². The predicted octanol–water partition coefficient (Wildman–Crippen LogP) is 2.21. The predicted molar refractivity (Wildman–Crippen MR) is 75.3 cm³/mol. The Balaban J connectivity index is 2.12. The summed E-state index contributed by atoms with van der Waals surface area (Å²) in [5.41, 5.74) is 6.64. The van der Waals surface area contributed by atoms with E-state index < -0.39 is 0 Å². The van der Waals surface area contributed by atoms with E-state index in [1.807, 2.05) is 6.92 Å². The Morgan fingerprint density at radius 1 is 1.35 bits per heavy atom.